The van der Waals surface area contributed by atoms with E-state index in [4.69, 9.17) is 9.47 Å². The highest BCUT2D eigenvalue weighted by atomic mass is 16.5. The van der Waals surface area contributed by atoms with Crippen molar-refractivity contribution in [2.75, 3.05) is 26.3 Å². The maximum absolute atomic E-state index is 13.0. The van der Waals surface area contributed by atoms with Crippen LogP contribution in [0.3, 0.4) is 0 Å². The maximum Gasteiger partial charge on any atom is 0.308 e. The van der Waals surface area contributed by atoms with Gasteiger partial charge in [0.15, 0.2) is 0 Å². The fourth-order valence-electron chi connectivity index (χ4n) is 3.29. The minimum atomic E-state index is -0.852. The van der Waals surface area contributed by atoms with Gasteiger partial charge in [-0.3, -0.25) is 14.4 Å². The van der Waals surface area contributed by atoms with Crippen LogP contribution in [0.15, 0.2) is 24.3 Å². The number of rotatable bonds is 12. The summed E-state index contributed by atoms with van der Waals surface area (Å²) in [4.78, 5) is 38.9. The molecule has 1 aliphatic rings. The number of hydrogen-bond acceptors (Lipinski definition) is 5. The number of carbonyl (C=O) groups is 3. The summed E-state index contributed by atoms with van der Waals surface area (Å²) in [7, 11) is 0. The summed E-state index contributed by atoms with van der Waals surface area (Å²) in [5.41, 5.74) is 0.465. The summed E-state index contributed by atoms with van der Waals surface area (Å²) >= 11 is 0. The van der Waals surface area contributed by atoms with Crippen molar-refractivity contribution in [3.8, 4) is 5.75 Å². The second kappa shape index (κ2) is 12.9. The second-order valence-corrected chi connectivity index (χ2v) is 7.52. The van der Waals surface area contributed by atoms with Gasteiger partial charge in [0.1, 0.15) is 11.8 Å². The number of carbonyl (C=O) groups excluding carboxylic acids is 3. The summed E-state index contributed by atoms with van der Waals surface area (Å²) < 4.78 is 10.9. The van der Waals surface area contributed by atoms with Crippen LogP contribution in [0.5, 0.6) is 5.75 Å². The molecule has 0 bridgehead atoms. The van der Waals surface area contributed by atoms with Gasteiger partial charge in [-0.1, -0.05) is 39.5 Å². The molecule has 1 atom stereocenters. The molecule has 166 valence electrons. The fourth-order valence-corrected chi connectivity index (χ4v) is 3.29. The summed E-state index contributed by atoms with van der Waals surface area (Å²) in [6.45, 7) is 5.88. The molecule has 7 nitrogen and oxygen atoms in total. The Morgan fingerprint density at radius 1 is 1.03 bits per heavy atom. The number of ether oxygens (including phenoxy) is 2. The summed E-state index contributed by atoms with van der Waals surface area (Å²) in [5.74, 6) is -0.342. The first kappa shape index (κ1) is 23.7. The van der Waals surface area contributed by atoms with Gasteiger partial charge in [-0.05, 0) is 37.1 Å². The Hall–Kier alpha value is -2.57. The highest BCUT2D eigenvalue weighted by molar-refractivity contribution is 5.99. The number of esters is 1. The Morgan fingerprint density at radius 2 is 1.77 bits per heavy atom. The van der Waals surface area contributed by atoms with Crippen LogP contribution in [0, 0.1) is 0 Å². The van der Waals surface area contributed by atoms with Crippen molar-refractivity contribution in [1.82, 2.24) is 10.2 Å². The van der Waals surface area contributed by atoms with E-state index in [1.165, 1.54) is 17.7 Å². The molecule has 0 aliphatic carbocycles. The van der Waals surface area contributed by atoms with Crippen LogP contribution in [0.2, 0.25) is 0 Å². The molecule has 1 aliphatic heterocycles. The monoisotopic (exact) mass is 418 g/mol. The van der Waals surface area contributed by atoms with Crippen LogP contribution in [-0.2, 0) is 14.3 Å². The zero-order chi connectivity index (χ0) is 21.8. The van der Waals surface area contributed by atoms with Crippen molar-refractivity contribution in [3.05, 3.63) is 29.8 Å². The largest absolute Gasteiger partial charge is 0.494 e. The van der Waals surface area contributed by atoms with Crippen molar-refractivity contribution in [1.29, 1.82) is 0 Å². The normalized spacial score (nSPS) is 16.1. The van der Waals surface area contributed by atoms with Crippen LogP contribution in [0.4, 0.5) is 0 Å². The van der Waals surface area contributed by atoms with Crippen LogP contribution in [0.25, 0.3) is 0 Å². The third-order valence-electron chi connectivity index (χ3n) is 5.08. The Bertz CT molecular complexity index is 689. The lowest BCUT2D eigenvalue weighted by atomic mass is 10.1. The molecule has 7 heteroatoms. The highest BCUT2D eigenvalue weighted by Gasteiger charge is 2.35. The molecule has 1 N–H and O–H groups in total. The van der Waals surface area contributed by atoms with E-state index in [1.807, 2.05) is 6.92 Å². The molecule has 0 radical (unpaired) electrons. The number of piperazine rings is 1. The van der Waals surface area contributed by atoms with E-state index in [2.05, 4.69) is 12.2 Å². The number of unbranched alkanes of at least 4 members (excludes halogenated alkanes) is 4. The predicted octanol–water partition coefficient (Wildman–Crippen LogP) is 3.32. The molecule has 1 aromatic carbocycles. The zero-order valence-corrected chi connectivity index (χ0v) is 18.2. The van der Waals surface area contributed by atoms with E-state index in [0.29, 0.717) is 31.9 Å². The first-order chi connectivity index (χ1) is 14.6. The van der Waals surface area contributed by atoms with Gasteiger partial charge in [0.05, 0.1) is 19.6 Å². The predicted molar refractivity (Wildman–Crippen MR) is 114 cm³/mol. The van der Waals surface area contributed by atoms with Gasteiger partial charge >= 0.3 is 5.97 Å². The smallest absolute Gasteiger partial charge is 0.308 e. The molecule has 2 amide bonds. The van der Waals surface area contributed by atoms with E-state index < -0.39 is 12.0 Å². The Balaban J connectivity index is 1.95. The average Bonchev–Trinajstić information content (AvgIpc) is 2.75. The molecule has 1 saturated heterocycles. The number of benzene rings is 1. The van der Waals surface area contributed by atoms with Crippen molar-refractivity contribution in [2.45, 2.75) is 64.8 Å². The molecule has 1 aromatic rings. The first-order valence-corrected chi connectivity index (χ1v) is 11.0. The Morgan fingerprint density at radius 3 is 2.47 bits per heavy atom. The fraction of sp³-hybridized carbons (Fsp3) is 0.609. The summed E-state index contributed by atoms with van der Waals surface area (Å²) in [5, 5.41) is 2.73. The van der Waals surface area contributed by atoms with E-state index in [-0.39, 0.29) is 18.2 Å². The highest BCUT2D eigenvalue weighted by Crippen LogP contribution is 2.18. The average molecular weight is 419 g/mol. The van der Waals surface area contributed by atoms with Crippen LogP contribution in [-0.4, -0.2) is 55.0 Å². The Labute approximate surface area is 179 Å². The van der Waals surface area contributed by atoms with Gasteiger partial charge in [-0.25, -0.2) is 0 Å². The third kappa shape index (κ3) is 7.35. The van der Waals surface area contributed by atoms with Gasteiger partial charge in [0.2, 0.25) is 5.91 Å². The molecule has 1 heterocycles. The van der Waals surface area contributed by atoms with Crippen molar-refractivity contribution in [2.24, 2.45) is 0 Å². The molecule has 30 heavy (non-hydrogen) atoms. The van der Waals surface area contributed by atoms with E-state index in [9.17, 15) is 14.4 Å². The molecular weight excluding hydrogens is 384 g/mol. The minimum Gasteiger partial charge on any atom is -0.494 e. The SMILES string of the molecule is CCCCCCOc1ccc(C(=O)N2CCNC(=O)C2CC(=O)OCCCC)cc1. The third-order valence-corrected chi connectivity index (χ3v) is 5.08. The van der Waals surface area contributed by atoms with E-state index in [0.717, 1.165) is 31.4 Å². The minimum absolute atomic E-state index is 0.139. The quantitative estimate of drug-likeness (QED) is 0.416. The number of nitrogens with zero attached hydrogens (tertiary/aromatic N) is 1. The van der Waals surface area contributed by atoms with Gasteiger partial charge in [0.25, 0.3) is 5.91 Å². The van der Waals surface area contributed by atoms with Crippen LogP contribution in [0.1, 0.15) is 69.2 Å². The molecule has 1 fully saturated rings. The van der Waals surface area contributed by atoms with Gasteiger partial charge in [0, 0.05) is 18.7 Å². The van der Waals surface area contributed by atoms with E-state index >= 15 is 0 Å². The Kier molecular flexibility index (Phi) is 10.2. The molecule has 0 spiro atoms. The van der Waals surface area contributed by atoms with Gasteiger partial charge in [-0.15, -0.1) is 0 Å². The van der Waals surface area contributed by atoms with Crippen molar-refractivity contribution < 1.29 is 23.9 Å². The summed E-state index contributed by atoms with van der Waals surface area (Å²) in [6.07, 6.45) is 6.09. The molecule has 0 aromatic heterocycles. The first-order valence-electron chi connectivity index (χ1n) is 11.0. The lowest BCUT2D eigenvalue weighted by Crippen LogP contribution is -2.57. The maximum atomic E-state index is 13.0. The topological polar surface area (TPSA) is 84.9 Å². The molecule has 1 unspecified atom stereocenters. The second-order valence-electron chi connectivity index (χ2n) is 7.52. The van der Waals surface area contributed by atoms with Crippen LogP contribution < -0.4 is 10.1 Å². The summed E-state index contributed by atoms with van der Waals surface area (Å²) in [6, 6.07) is 6.09. The lowest BCUT2D eigenvalue weighted by molar-refractivity contribution is -0.147. The number of nitrogens with one attached hydrogen (secondary N) is 1. The van der Waals surface area contributed by atoms with Gasteiger partial charge in [-0.2, -0.15) is 0 Å². The molecule has 2 rings (SSSR count). The zero-order valence-electron chi connectivity index (χ0n) is 18.2. The van der Waals surface area contributed by atoms with E-state index in [1.54, 1.807) is 24.3 Å². The number of amides is 2. The van der Waals surface area contributed by atoms with Crippen LogP contribution >= 0.6 is 0 Å². The van der Waals surface area contributed by atoms with Crippen molar-refractivity contribution in [3.63, 3.8) is 0 Å². The standard InChI is InChI=1S/C23H34N2O5/c1-3-5-7-8-16-29-19-11-9-18(10-12-19)23(28)25-14-13-24-22(27)20(25)17-21(26)30-15-6-4-2/h9-12,20H,3-8,13-17H2,1-2H3,(H,24,27). The van der Waals surface area contributed by atoms with Crippen molar-refractivity contribution >= 4 is 17.8 Å². The molecular formula is C23H34N2O5. The number of hydrogen-bond donors (Lipinski definition) is 1. The lowest BCUT2D eigenvalue weighted by Gasteiger charge is -2.34. The van der Waals surface area contributed by atoms with Gasteiger partial charge < -0.3 is 19.7 Å². The molecule has 0 saturated carbocycles.